The molecule has 0 aliphatic rings. The van der Waals surface area contributed by atoms with E-state index in [1.165, 1.54) is 23.5 Å². The summed E-state index contributed by atoms with van der Waals surface area (Å²) in [6, 6.07) is 10.8. The maximum absolute atomic E-state index is 13.6. The van der Waals surface area contributed by atoms with Gasteiger partial charge in [0, 0.05) is 6.54 Å². The topological polar surface area (TPSA) is 90.0 Å². The van der Waals surface area contributed by atoms with E-state index in [0.717, 1.165) is 9.56 Å². The monoisotopic (exact) mass is 386 g/mol. The van der Waals surface area contributed by atoms with Crippen molar-refractivity contribution in [1.82, 2.24) is 15.1 Å². The van der Waals surface area contributed by atoms with Gasteiger partial charge in [-0.1, -0.05) is 24.3 Å². The summed E-state index contributed by atoms with van der Waals surface area (Å²) in [4.78, 5) is 25.6. The van der Waals surface area contributed by atoms with Crippen LogP contribution in [0.15, 0.2) is 52.6 Å². The second-order valence-corrected chi connectivity index (χ2v) is 6.97. The number of aromatic nitrogens is 2. The summed E-state index contributed by atoms with van der Waals surface area (Å²) in [7, 11) is 0. The number of amides is 1. The number of nitrogens with one attached hydrogen (secondary N) is 1. The van der Waals surface area contributed by atoms with E-state index in [9.17, 15) is 14.0 Å². The molecule has 6 nitrogen and oxygen atoms in total. The van der Waals surface area contributed by atoms with E-state index in [1.807, 2.05) is 17.5 Å². The summed E-state index contributed by atoms with van der Waals surface area (Å²) < 4.78 is 14.7. The van der Waals surface area contributed by atoms with Crippen molar-refractivity contribution in [1.29, 1.82) is 0 Å². The van der Waals surface area contributed by atoms with Crippen LogP contribution in [0.1, 0.15) is 18.5 Å². The maximum atomic E-state index is 13.6. The average Bonchev–Trinajstić information content (AvgIpc) is 3.19. The molecule has 1 atom stereocenters. The van der Waals surface area contributed by atoms with E-state index in [4.69, 9.17) is 5.73 Å². The number of carbonyl (C=O) groups is 1. The Kier molecular flexibility index (Phi) is 5.66. The van der Waals surface area contributed by atoms with Crippen LogP contribution in [0.5, 0.6) is 0 Å². The molecular weight excluding hydrogens is 367 g/mol. The average molecular weight is 386 g/mol. The molecule has 0 spiro atoms. The fourth-order valence-electron chi connectivity index (χ4n) is 2.62. The van der Waals surface area contributed by atoms with E-state index in [2.05, 4.69) is 10.4 Å². The van der Waals surface area contributed by atoms with Crippen molar-refractivity contribution in [3.63, 3.8) is 0 Å². The van der Waals surface area contributed by atoms with Crippen molar-refractivity contribution < 1.29 is 9.18 Å². The molecule has 2 aromatic heterocycles. The van der Waals surface area contributed by atoms with Crippen molar-refractivity contribution in [2.75, 3.05) is 12.3 Å². The molecule has 27 heavy (non-hydrogen) atoms. The number of anilines is 1. The van der Waals surface area contributed by atoms with Crippen LogP contribution in [0.4, 0.5) is 10.1 Å². The largest absolute Gasteiger partial charge is 0.394 e. The van der Waals surface area contributed by atoms with Crippen molar-refractivity contribution >= 4 is 22.9 Å². The third-order valence-corrected chi connectivity index (χ3v) is 5.03. The van der Waals surface area contributed by atoms with Gasteiger partial charge in [0.05, 0.1) is 4.88 Å². The van der Waals surface area contributed by atoms with Gasteiger partial charge in [0.1, 0.15) is 23.2 Å². The zero-order valence-electron chi connectivity index (χ0n) is 14.7. The lowest BCUT2D eigenvalue weighted by atomic mass is 10.1. The van der Waals surface area contributed by atoms with Crippen molar-refractivity contribution in [3.8, 4) is 10.6 Å². The van der Waals surface area contributed by atoms with Crippen LogP contribution in [0.2, 0.25) is 0 Å². The van der Waals surface area contributed by atoms with Crippen LogP contribution >= 0.6 is 11.3 Å². The molecule has 0 aliphatic heterocycles. The van der Waals surface area contributed by atoms with Crippen LogP contribution in [0, 0.1) is 5.82 Å². The smallest absolute Gasteiger partial charge is 0.290 e. The second kappa shape index (κ2) is 8.13. The van der Waals surface area contributed by atoms with Crippen molar-refractivity contribution in [3.05, 3.63) is 69.6 Å². The number of hydrogen-bond donors (Lipinski definition) is 2. The molecule has 3 N–H and O–H groups in total. The molecule has 0 bridgehead atoms. The van der Waals surface area contributed by atoms with Gasteiger partial charge >= 0.3 is 0 Å². The Hall–Kier alpha value is -3.00. The number of thiophene rings is 1. The fourth-order valence-corrected chi connectivity index (χ4v) is 3.30. The van der Waals surface area contributed by atoms with Gasteiger partial charge in [-0.2, -0.15) is 5.10 Å². The Morgan fingerprint density at radius 2 is 2.11 bits per heavy atom. The molecule has 1 aromatic carbocycles. The zero-order valence-corrected chi connectivity index (χ0v) is 15.5. The van der Waals surface area contributed by atoms with Gasteiger partial charge in [-0.15, -0.1) is 11.3 Å². The number of benzene rings is 1. The normalized spacial score (nSPS) is 11.9. The number of rotatable bonds is 6. The van der Waals surface area contributed by atoms with Crippen LogP contribution < -0.4 is 16.6 Å². The Bertz CT molecular complexity index is 1000. The summed E-state index contributed by atoms with van der Waals surface area (Å²) in [5.74, 6) is -0.697. The Morgan fingerprint density at radius 1 is 1.33 bits per heavy atom. The quantitative estimate of drug-likeness (QED) is 0.681. The molecule has 0 saturated carbocycles. The molecule has 0 unspecified atom stereocenters. The molecule has 8 heteroatoms. The second-order valence-electron chi connectivity index (χ2n) is 6.02. The number of carbonyl (C=O) groups excluding carboxylic acids is 1. The zero-order chi connectivity index (χ0) is 19.4. The molecule has 0 aliphatic carbocycles. The Morgan fingerprint density at radius 3 is 2.81 bits per heavy atom. The van der Waals surface area contributed by atoms with Crippen LogP contribution in [-0.4, -0.2) is 22.2 Å². The molecule has 0 fully saturated rings. The van der Waals surface area contributed by atoms with E-state index in [1.54, 1.807) is 25.1 Å². The first-order valence-corrected chi connectivity index (χ1v) is 9.29. The predicted molar refractivity (Wildman–Crippen MR) is 104 cm³/mol. The van der Waals surface area contributed by atoms with E-state index in [0.29, 0.717) is 17.7 Å². The molecule has 140 valence electrons. The summed E-state index contributed by atoms with van der Waals surface area (Å²) in [5, 5.41) is 8.90. The highest BCUT2D eigenvalue weighted by Crippen LogP contribution is 2.23. The van der Waals surface area contributed by atoms with Crippen LogP contribution in [0.3, 0.4) is 0 Å². The van der Waals surface area contributed by atoms with Gasteiger partial charge in [-0.05, 0) is 42.5 Å². The number of halogens is 1. The SMILES string of the molecule is C[C@@H](C(=O)NCCc1ccccc1F)n1nc(-c2cccs2)cc(N)c1=O. The van der Waals surface area contributed by atoms with Gasteiger partial charge in [0.25, 0.3) is 5.56 Å². The van der Waals surface area contributed by atoms with Crippen LogP contribution in [-0.2, 0) is 11.2 Å². The summed E-state index contributed by atoms with van der Waals surface area (Å²) in [6.07, 6.45) is 0.352. The first-order chi connectivity index (χ1) is 13.0. The Balaban J connectivity index is 1.73. The van der Waals surface area contributed by atoms with Gasteiger partial charge in [0.2, 0.25) is 5.91 Å². The molecule has 0 radical (unpaired) electrons. The first-order valence-electron chi connectivity index (χ1n) is 8.41. The third-order valence-electron chi connectivity index (χ3n) is 4.13. The van der Waals surface area contributed by atoms with Gasteiger partial charge in [0.15, 0.2) is 0 Å². The van der Waals surface area contributed by atoms with E-state index in [-0.39, 0.29) is 24.0 Å². The van der Waals surface area contributed by atoms with Gasteiger partial charge in [-0.25, -0.2) is 9.07 Å². The van der Waals surface area contributed by atoms with Gasteiger partial charge in [-0.3, -0.25) is 9.59 Å². The molecule has 1 amide bonds. The number of hydrogen-bond acceptors (Lipinski definition) is 5. The lowest BCUT2D eigenvalue weighted by molar-refractivity contribution is -0.124. The number of nitrogens with zero attached hydrogens (tertiary/aromatic N) is 2. The van der Waals surface area contributed by atoms with Gasteiger partial charge < -0.3 is 11.1 Å². The fraction of sp³-hybridized carbons (Fsp3) is 0.211. The summed E-state index contributed by atoms with van der Waals surface area (Å²) in [6.45, 7) is 1.82. The Labute approximate surface area is 159 Å². The van der Waals surface area contributed by atoms with E-state index < -0.39 is 11.6 Å². The van der Waals surface area contributed by atoms with E-state index >= 15 is 0 Å². The molecular formula is C19H19FN4O2S. The third kappa shape index (κ3) is 4.22. The summed E-state index contributed by atoms with van der Waals surface area (Å²) >= 11 is 1.46. The molecule has 3 aromatic rings. The standard InChI is InChI=1S/C19H19FN4O2S/c1-12(18(25)22-9-8-13-5-2-3-6-14(13)20)24-19(26)15(21)11-16(23-24)17-7-4-10-27-17/h2-7,10-12H,8-9,21H2,1H3,(H,22,25)/t12-/m0/s1. The minimum Gasteiger partial charge on any atom is -0.394 e. The highest BCUT2D eigenvalue weighted by molar-refractivity contribution is 7.13. The van der Waals surface area contributed by atoms with Crippen molar-refractivity contribution in [2.24, 2.45) is 0 Å². The number of nitrogens with two attached hydrogens (primary N) is 1. The maximum Gasteiger partial charge on any atom is 0.290 e. The van der Waals surface area contributed by atoms with Crippen LogP contribution in [0.25, 0.3) is 10.6 Å². The minimum absolute atomic E-state index is 0.0272. The first kappa shape index (κ1) is 18.8. The van der Waals surface area contributed by atoms with Crippen molar-refractivity contribution in [2.45, 2.75) is 19.4 Å². The lowest BCUT2D eigenvalue weighted by Gasteiger charge is -2.15. The lowest BCUT2D eigenvalue weighted by Crippen LogP contribution is -2.38. The predicted octanol–water partition coefficient (Wildman–Crippen LogP) is 2.61. The molecule has 3 rings (SSSR count). The molecule has 0 saturated heterocycles. The highest BCUT2D eigenvalue weighted by Gasteiger charge is 2.19. The molecule has 2 heterocycles. The number of nitrogen functional groups attached to an aromatic ring is 1. The summed E-state index contributed by atoms with van der Waals surface area (Å²) in [5.41, 5.74) is 6.38. The minimum atomic E-state index is -0.847. The highest BCUT2D eigenvalue weighted by atomic mass is 32.1.